The maximum Gasteiger partial charge on any atom is 0.198 e. The molecule has 1 saturated heterocycles. The lowest BCUT2D eigenvalue weighted by atomic mass is 9.84. The molecule has 0 N–H and O–H groups in total. The number of rotatable bonds is 4. The number of Topliss-reactive ketones (excluding diaryl/α,β-unsaturated/α-hetero) is 2. The molecule has 5 nitrogen and oxygen atoms in total. The van der Waals surface area contributed by atoms with E-state index in [0.29, 0.717) is 24.4 Å². The van der Waals surface area contributed by atoms with E-state index >= 15 is 0 Å². The molecule has 6 heteroatoms. The average Bonchev–Trinajstić information content (AvgIpc) is 2.52. The van der Waals surface area contributed by atoms with Crippen LogP contribution in [0.15, 0.2) is 41.6 Å². The van der Waals surface area contributed by atoms with Gasteiger partial charge in [0.25, 0.3) is 0 Å². The SMILES string of the molecule is CS(=O)(=O)[C@@H]1C(=O)C(C(=O)c2ccccc2)=C1N1CCCCC1. The minimum Gasteiger partial charge on any atom is -0.373 e. The number of allylic oxidation sites excluding steroid dienone is 1. The Morgan fingerprint density at radius 2 is 1.70 bits per heavy atom. The van der Waals surface area contributed by atoms with E-state index in [1.807, 2.05) is 4.90 Å². The number of carbonyl (C=O) groups is 2. The van der Waals surface area contributed by atoms with Crippen LogP contribution in [0.2, 0.25) is 0 Å². The molecule has 1 fully saturated rings. The highest BCUT2D eigenvalue weighted by Crippen LogP contribution is 2.36. The molecule has 23 heavy (non-hydrogen) atoms. The standard InChI is InChI=1S/C17H19NO4S/c1-23(21,22)17-14(18-10-6-3-7-11-18)13(16(17)20)15(19)12-8-4-2-5-9-12/h2,4-5,8-9,17H,3,6-7,10-11H2,1H3/t17-/m0/s1. The molecule has 0 amide bonds. The Labute approximate surface area is 135 Å². The van der Waals surface area contributed by atoms with Crippen LogP contribution in [0.3, 0.4) is 0 Å². The van der Waals surface area contributed by atoms with Crippen molar-refractivity contribution < 1.29 is 18.0 Å². The molecule has 0 saturated carbocycles. The second kappa shape index (κ2) is 5.92. The Kier molecular flexibility index (Phi) is 4.10. The highest BCUT2D eigenvalue weighted by atomic mass is 32.2. The van der Waals surface area contributed by atoms with Crippen molar-refractivity contribution in [1.29, 1.82) is 0 Å². The topological polar surface area (TPSA) is 71.5 Å². The summed E-state index contributed by atoms with van der Waals surface area (Å²) in [6.45, 7) is 1.39. The minimum absolute atomic E-state index is 0.0496. The zero-order chi connectivity index (χ0) is 16.6. The van der Waals surface area contributed by atoms with E-state index in [0.717, 1.165) is 25.5 Å². The first kappa shape index (κ1) is 15.9. The third kappa shape index (κ3) is 2.83. The molecule has 0 spiro atoms. The van der Waals surface area contributed by atoms with Gasteiger partial charge in [0.2, 0.25) is 0 Å². The largest absolute Gasteiger partial charge is 0.373 e. The predicted octanol–water partition coefficient (Wildman–Crippen LogP) is 1.61. The summed E-state index contributed by atoms with van der Waals surface area (Å²) >= 11 is 0. The smallest absolute Gasteiger partial charge is 0.198 e. The predicted molar refractivity (Wildman–Crippen MR) is 86.9 cm³/mol. The Morgan fingerprint density at radius 3 is 2.26 bits per heavy atom. The molecule has 3 rings (SSSR count). The third-order valence-corrected chi connectivity index (χ3v) is 5.67. The second-order valence-electron chi connectivity index (χ2n) is 6.08. The van der Waals surface area contributed by atoms with Gasteiger partial charge in [-0.2, -0.15) is 0 Å². The van der Waals surface area contributed by atoms with Gasteiger partial charge in [0.15, 0.2) is 26.7 Å². The Morgan fingerprint density at radius 1 is 1.09 bits per heavy atom. The van der Waals surface area contributed by atoms with Crippen LogP contribution in [0.25, 0.3) is 0 Å². The molecule has 1 atom stereocenters. The van der Waals surface area contributed by atoms with Crippen LogP contribution >= 0.6 is 0 Å². The van der Waals surface area contributed by atoms with Gasteiger partial charge in [0.05, 0.1) is 11.3 Å². The number of sulfone groups is 1. The summed E-state index contributed by atoms with van der Waals surface area (Å²) in [6.07, 6.45) is 4.04. The number of hydrogen-bond acceptors (Lipinski definition) is 5. The van der Waals surface area contributed by atoms with Crippen LogP contribution in [0.1, 0.15) is 29.6 Å². The summed E-state index contributed by atoms with van der Waals surface area (Å²) in [6, 6.07) is 8.53. The minimum atomic E-state index is -3.56. The summed E-state index contributed by atoms with van der Waals surface area (Å²) in [5.41, 5.74) is 0.872. The van der Waals surface area contributed by atoms with Crippen LogP contribution in [-0.4, -0.2) is 49.5 Å². The molecule has 0 unspecified atom stereocenters. The summed E-state index contributed by atoms with van der Waals surface area (Å²) in [4.78, 5) is 27.0. The zero-order valence-electron chi connectivity index (χ0n) is 13.0. The van der Waals surface area contributed by atoms with Crippen molar-refractivity contribution in [2.75, 3.05) is 19.3 Å². The number of nitrogens with zero attached hydrogens (tertiary/aromatic N) is 1. The second-order valence-corrected chi connectivity index (χ2v) is 8.21. The summed E-state index contributed by atoms with van der Waals surface area (Å²) < 4.78 is 24.0. The van der Waals surface area contributed by atoms with Crippen molar-refractivity contribution in [3.8, 4) is 0 Å². The van der Waals surface area contributed by atoms with Crippen LogP contribution in [0.4, 0.5) is 0 Å². The highest BCUT2D eigenvalue weighted by molar-refractivity contribution is 7.92. The molecular formula is C17H19NO4S. The maximum absolute atomic E-state index is 12.7. The Balaban J connectivity index is 2.05. The van der Waals surface area contributed by atoms with Crippen molar-refractivity contribution in [2.45, 2.75) is 24.5 Å². The fraction of sp³-hybridized carbons (Fsp3) is 0.412. The molecule has 1 heterocycles. The van der Waals surface area contributed by atoms with Crippen molar-refractivity contribution in [3.63, 3.8) is 0 Å². The monoisotopic (exact) mass is 333 g/mol. The van der Waals surface area contributed by atoms with Crippen molar-refractivity contribution in [3.05, 3.63) is 47.2 Å². The fourth-order valence-corrected chi connectivity index (χ4v) is 4.43. The quantitative estimate of drug-likeness (QED) is 0.618. The van der Waals surface area contributed by atoms with E-state index in [1.165, 1.54) is 0 Å². The number of likely N-dealkylation sites (tertiary alicyclic amines) is 1. The molecule has 1 aliphatic carbocycles. The van der Waals surface area contributed by atoms with Gasteiger partial charge in [-0.05, 0) is 19.3 Å². The molecular weight excluding hydrogens is 314 g/mol. The average molecular weight is 333 g/mol. The van der Waals surface area contributed by atoms with E-state index in [1.54, 1.807) is 30.3 Å². The maximum atomic E-state index is 12.7. The molecule has 122 valence electrons. The molecule has 2 aliphatic rings. The molecule has 1 aliphatic heterocycles. The first-order valence-electron chi connectivity index (χ1n) is 7.73. The molecule has 0 aromatic heterocycles. The molecule has 0 radical (unpaired) electrons. The van der Waals surface area contributed by atoms with E-state index in [-0.39, 0.29) is 11.4 Å². The van der Waals surface area contributed by atoms with Gasteiger partial charge in [-0.25, -0.2) is 8.42 Å². The fourth-order valence-electron chi connectivity index (χ4n) is 3.25. The highest BCUT2D eigenvalue weighted by Gasteiger charge is 2.50. The number of benzene rings is 1. The van der Waals surface area contributed by atoms with Gasteiger partial charge < -0.3 is 4.90 Å². The summed E-state index contributed by atoms with van der Waals surface area (Å²) in [5, 5.41) is -1.18. The molecule has 0 bridgehead atoms. The summed E-state index contributed by atoms with van der Waals surface area (Å²) in [7, 11) is -3.56. The lowest BCUT2D eigenvalue weighted by molar-refractivity contribution is -0.116. The van der Waals surface area contributed by atoms with Gasteiger partial charge >= 0.3 is 0 Å². The van der Waals surface area contributed by atoms with Crippen molar-refractivity contribution in [1.82, 2.24) is 4.90 Å². The van der Waals surface area contributed by atoms with Crippen LogP contribution in [0.5, 0.6) is 0 Å². The lowest BCUT2D eigenvalue weighted by Crippen LogP contribution is -2.52. The van der Waals surface area contributed by atoms with Crippen molar-refractivity contribution >= 4 is 21.4 Å². The Hall–Kier alpha value is -1.95. The van der Waals surface area contributed by atoms with E-state index in [9.17, 15) is 18.0 Å². The Bertz CT molecular complexity index is 774. The van der Waals surface area contributed by atoms with Crippen LogP contribution in [0, 0.1) is 0 Å². The zero-order valence-corrected chi connectivity index (χ0v) is 13.8. The van der Waals surface area contributed by atoms with Crippen molar-refractivity contribution in [2.24, 2.45) is 0 Å². The van der Waals surface area contributed by atoms with E-state index in [4.69, 9.17) is 0 Å². The van der Waals surface area contributed by atoms with Gasteiger partial charge in [0.1, 0.15) is 0 Å². The van der Waals surface area contributed by atoms with E-state index < -0.39 is 20.9 Å². The third-order valence-electron chi connectivity index (χ3n) is 4.38. The molecule has 1 aromatic carbocycles. The van der Waals surface area contributed by atoms with E-state index in [2.05, 4.69) is 0 Å². The summed E-state index contributed by atoms with van der Waals surface area (Å²) in [5.74, 6) is -0.946. The normalized spacial score (nSPS) is 22.0. The van der Waals surface area contributed by atoms with Gasteiger partial charge in [0, 0.05) is 24.9 Å². The van der Waals surface area contributed by atoms with Crippen LogP contribution < -0.4 is 0 Å². The first-order chi connectivity index (χ1) is 10.9. The first-order valence-corrected chi connectivity index (χ1v) is 9.68. The lowest BCUT2D eigenvalue weighted by Gasteiger charge is -2.40. The van der Waals surface area contributed by atoms with Gasteiger partial charge in [-0.3, -0.25) is 9.59 Å². The number of carbonyl (C=O) groups excluding carboxylic acids is 2. The van der Waals surface area contributed by atoms with Gasteiger partial charge in [-0.15, -0.1) is 0 Å². The number of ketones is 2. The number of piperidine rings is 1. The van der Waals surface area contributed by atoms with Crippen LogP contribution in [-0.2, 0) is 14.6 Å². The molecule has 1 aromatic rings. The van der Waals surface area contributed by atoms with Gasteiger partial charge in [-0.1, -0.05) is 30.3 Å². The number of hydrogen-bond donors (Lipinski definition) is 0.